The maximum absolute atomic E-state index is 11.9. The Morgan fingerprint density at radius 2 is 1.84 bits per heavy atom. The van der Waals surface area contributed by atoms with Gasteiger partial charge in [0.25, 0.3) is 0 Å². The topological polar surface area (TPSA) is 29.5 Å². The lowest BCUT2D eigenvalue weighted by molar-refractivity contribution is -0.0385. The molecule has 0 N–H and O–H groups in total. The van der Waals surface area contributed by atoms with Crippen molar-refractivity contribution >= 4 is 18.4 Å². The SMILES string of the molecule is CN(C)[C@H]1CC[C@]2(CC1)OC(=O)c1ccccc12.Cl. The second-order valence-electron chi connectivity index (χ2n) is 5.62. The summed E-state index contributed by atoms with van der Waals surface area (Å²) in [7, 11) is 4.24. The van der Waals surface area contributed by atoms with Gasteiger partial charge in [-0.05, 0) is 45.8 Å². The van der Waals surface area contributed by atoms with Crippen LogP contribution in [0, 0.1) is 0 Å². The second-order valence-corrected chi connectivity index (χ2v) is 5.62. The van der Waals surface area contributed by atoms with Gasteiger partial charge in [0.2, 0.25) is 0 Å². The molecule has 3 rings (SSSR count). The minimum Gasteiger partial charge on any atom is -0.451 e. The zero-order valence-electron chi connectivity index (χ0n) is 11.4. The Morgan fingerprint density at radius 3 is 2.47 bits per heavy atom. The molecule has 0 aromatic heterocycles. The highest BCUT2D eigenvalue weighted by Gasteiger charge is 2.47. The smallest absolute Gasteiger partial charge is 0.339 e. The number of carbonyl (C=O) groups excluding carboxylic acids is 1. The molecule has 2 aliphatic rings. The lowest BCUT2D eigenvalue weighted by Gasteiger charge is -2.38. The van der Waals surface area contributed by atoms with Gasteiger partial charge in [-0.25, -0.2) is 4.79 Å². The standard InChI is InChI=1S/C15H19NO2.ClH/c1-16(2)11-7-9-15(10-8-11)13-6-4-3-5-12(13)14(17)18-15;/h3-6,11H,7-10H2,1-2H3;1H/t11-,15+;. The molecule has 1 aromatic carbocycles. The third-order valence-electron chi connectivity index (χ3n) is 4.42. The molecule has 1 fully saturated rings. The van der Waals surface area contributed by atoms with Gasteiger partial charge in [0.05, 0.1) is 5.56 Å². The number of benzene rings is 1. The number of fused-ring (bicyclic) bond motifs is 2. The normalized spacial score (nSPS) is 29.0. The highest BCUT2D eigenvalue weighted by Crippen LogP contribution is 2.47. The number of ether oxygens (including phenoxy) is 1. The molecule has 4 heteroatoms. The second kappa shape index (κ2) is 5.14. The van der Waals surface area contributed by atoms with E-state index >= 15 is 0 Å². The van der Waals surface area contributed by atoms with E-state index in [1.807, 2.05) is 18.2 Å². The maximum Gasteiger partial charge on any atom is 0.339 e. The van der Waals surface area contributed by atoms with E-state index in [9.17, 15) is 4.79 Å². The van der Waals surface area contributed by atoms with Gasteiger partial charge < -0.3 is 9.64 Å². The Hall–Kier alpha value is -1.06. The molecular weight excluding hydrogens is 262 g/mol. The summed E-state index contributed by atoms with van der Waals surface area (Å²) in [5, 5.41) is 0. The van der Waals surface area contributed by atoms with Crippen molar-refractivity contribution in [1.82, 2.24) is 4.90 Å². The Bertz CT molecular complexity index is 479. The summed E-state index contributed by atoms with van der Waals surface area (Å²) in [5.41, 5.74) is 1.54. The highest BCUT2D eigenvalue weighted by atomic mass is 35.5. The summed E-state index contributed by atoms with van der Waals surface area (Å²) in [6.07, 6.45) is 4.07. The Morgan fingerprint density at radius 1 is 1.21 bits per heavy atom. The Kier molecular flexibility index (Phi) is 3.88. The average molecular weight is 282 g/mol. The van der Waals surface area contributed by atoms with Crippen LogP contribution in [0.25, 0.3) is 0 Å². The summed E-state index contributed by atoms with van der Waals surface area (Å²) in [6, 6.07) is 8.45. The summed E-state index contributed by atoms with van der Waals surface area (Å²) in [4.78, 5) is 14.2. The van der Waals surface area contributed by atoms with Gasteiger partial charge in [0.1, 0.15) is 5.60 Å². The molecular formula is C15H20ClNO2. The first kappa shape index (κ1) is 14.4. The van der Waals surface area contributed by atoms with E-state index in [4.69, 9.17) is 4.74 Å². The Balaban J connectivity index is 0.00000133. The number of rotatable bonds is 1. The van der Waals surface area contributed by atoms with Crippen molar-refractivity contribution in [3.05, 3.63) is 35.4 Å². The van der Waals surface area contributed by atoms with Crippen molar-refractivity contribution in [2.24, 2.45) is 0 Å². The lowest BCUT2D eigenvalue weighted by atomic mass is 9.77. The van der Waals surface area contributed by atoms with Crippen LogP contribution in [0.3, 0.4) is 0 Å². The van der Waals surface area contributed by atoms with Crippen LogP contribution in [0.15, 0.2) is 24.3 Å². The lowest BCUT2D eigenvalue weighted by Crippen LogP contribution is -2.39. The third kappa shape index (κ3) is 2.26. The number of hydrogen-bond donors (Lipinski definition) is 0. The fourth-order valence-corrected chi connectivity index (χ4v) is 3.30. The van der Waals surface area contributed by atoms with Gasteiger partial charge in [0, 0.05) is 11.6 Å². The van der Waals surface area contributed by atoms with Crippen LogP contribution in [-0.2, 0) is 10.3 Å². The first-order chi connectivity index (χ1) is 8.62. The first-order valence-electron chi connectivity index (χ1n) is 6.62. The zero-order valence-corrected chi connectivity index (χ0v) is 12.2. The van der Waals surface area contributed by atoms with Crippen LogP contribution in [0.1, 0.15) is 41.6 Å². The molecule has 0 amide bonds. The monoisotopic (exact) mass is 281 g/mol. The predicted molar refractivity (Wildman–Crippen MR) is 76.7 cm³/mol. The van der Waals surface area contributed by atoms with Gasteiger partial charge in [-0.3, -0.25) is 0 Å². The minimum absolute atomic E-state index is 0. The van der Waals surface area contributed by atoms with E-state index in [-0.39, 0.29) is 24.0 Å². The van der Waals surface area contributed by atoms with Crippen LogP contribution < -0.4 is 0 Å². The molecule has 0 bridgehead atoms. The fourth-order valence-electron chi connectivity index (χ4n) is 3.30. The van der Waals surface area contributed by atoms with Gasteiger partial charge in [-0.15, -0.1) is 12.4 Å². The minimum atomic E-state index is -0.333. The molecule has 1 aliphatic heterocycles. The van der Waals surface area contributed by atoms with Crippen LogP contribution in [0.4, 0.5) is 0 Å². The molecule has 0 saturated heterocycles. The molecule has 0 radical (unpaired) electrons. The van der Waals surface area contributed by atoms with E-state index in [2.05, 4.69) is 25.1 Å². The van der Waals surface area contributed by atoms with Crippen LogP contribution >= 0.6 is 12.4 Å². The zero-order chi connectivity index (χ0) is 12.8. The predicted octanol–water partition coefficient (Wildman–Crippen LogP) is 2.98. The summed E-state index contributed by atoms with van der Waals surface area (Å²) in [5.74, 6) is -0.145. The fraction of sp³-hybridized carbons (Fsp3) is 0.533. The third-order valence-corrected chi connectivity index (χ3v) is 4.42. The average Bonchev–Trinajstić information content (AvgIpc) is 2.64. The van der Waals surface area contributed by atoms with Crippen molar-refractivity contribution in [2.75, 3.05) is 14.1 Å². The molecule has 1 aromatic rings. The molecule has 1 heterocycles. The highest BCUT2D eigenvalue weighted by molar-refractivity contribution is 5.94. The van der Waals surface area contributed by atoms with Crippen molar-refractivity contribution in [3.63, 3.8) is 0 Å². The van der Waals surface area contributed by atoms with E-state index in [1.54, 1.807) is 0 Å². The molecule has 1 saturated carbocycles. The molecule has 3 nitrogen and oxygen atoms in total. The molecule has 19 heavy (non-hydrogen) atoms. The number of hydrogen-bond acceptors (Lipinski definition) is 3. The first-order valence-corrected chi connectivity index (χ1v) is 6.62. The van der Waals surface area contributed by atoms with E-state index in [1.165, 1.54) is 0 Å². The Labute approximate surface area is 120 Å². The number of esters is 1. The molecule has 0 atom stereocenters. The van der Waals surface area contributed by atoms with Gasteiger partial charge in [-0.1, -0.05) is 18.2 Å². The van der Waals surface area contributed by atoms with Gasteiger partial charge in [-0.2, -0.15) is 0 Å². The largest absolute Gasteiger partial charge is 0.451 e. The number of nitrogens with zero attached hydrogens (tertiary/aromatic N) is 1. The van der Waals surface area contributed by atoms with Gasteiger partial charge in [0.15, 0.2) is 0 Å². The van der Waals surface area contributed by atoms with Crippen molar-refractivity contribution in [2.45, 2.75) is 37.3 Å². The quantitative estimate of drug-likeness (QED) is 0.741. The number of halogens is 1. The van der Waals surface area contributed by atoms with Crippen molar-refractivity contribution < 1.29 is 9.53 Å². The van der Waals surface area contributed by atoms with Crippen LogP contribution in [-0.4, -0.2) is 31.0 Å². The van der Waals surface area contributed by atoms with Crippen LogP contribution in [0.5, 0.6) is 0 Å². The summed E-state index contributed by atoms with van der Waals surface area (Å²) < 4.78 is 5.73. The van der Waals surface area contributed by atoms with E-state index in [0.717, 1.165) is 36.8 Å². The summed E-state index contributed by atoms with van der Waals surface area (Å²) >= 11 is 0. The maximum atomic E-state index is 11.9. The van der Waals surface area contributed by atoms with Gasteiger partial charge >= 0.3 is 5.97 Å². The molecule has 0 unspecified atom stereocenters. The molecule has 1 spiro atoms. The van der Waals surface area contributed by atoms with Crippen molar-refractivity contribution in [1.29, 1.82) is 0 Å². The van der Waals surface area contributed by atoms with E-state index < -0.39 is 0 Å². The number of carbonyl (C=O) groups is 1. The van der Waals surface area contributed by atoms with Crippen LogP contribution in [0.2, 0.25) is 0 Å². The summed E-state index contributed by atoms with van der Waals surface area (Å²) in [6.45, 7) is 0. The molecule has 1 aliphatic carbocycles. The van der Waals surface area contributed by atoms with Crippen molar-refractivity contribution in [3.8, 4) is 0 Å². The van der Waals surface area contributed by atoms with E-state index in [0.29, 0.717) is 6.04 Å². The molecule has 104 valence electrons.